The summed E-state index contributed by atoms with van der Waals surface area (Å²) in [6.45, 7) is 0. The lowest BCUT2D eigenvalue weighted by atomic mass is 10.3. The van der Waals surface area contributed by atoms with Crippen molar-refractivity contribution >= 4 is 11.7 Å². The van der Waals surface area contributed by atoms with Crippen molar-refractivity contribution in [3.8, 4) is 0 Å². The fourth-order valence-corrected chi connectivity index (χ4v) is 0.579. The molecule has 1 aromatic carbocycles. The number of hydrogen-bond donors (Lipinski definition) is 0. The Hall–Kier alpha value is -1.47. The molecule has 10 heavy (non-hydrogen) atoms. The maximum atomic E-state index is 11.1. The lowest BCUT2D eigenvalue weighted by Crippen LogP contribution is -1.59. The Morgan fingerprint density at radius 1 is 1.20 bits per heavy atom. The molecule has 0 N–H and O–H groups in total. The van der Waals surface area contributed by atoms with Crippen molar-refractivity contribution in [2.45, 2.75) is 0 Å². The van der Waals surface area contributed by atoms with Gasteiger partial charge in [0.25, 0.3) is 0 Å². The van der Waals surface area contributed by atoms with E-state index in [1.807, 2.05) is 12.1 Å². The van der Waals surface area contributed by atoms with E-state index >= 15 is 0 Å². The second-order valence-corrected chi connectivity index (χ2v) is 1.63. The van der Waals surface area contributed by atoms with Gasteiger partial charge in [-0.3, -0.25) is 0 Å². The van der Waals surface area contributed by atoms with Gasteiger partial charge in [-0.2, -0.15) is 4.99 Å². The van der Waals surface area contributed by atoms with Gasteiger partial charge in [0.05, 0.1) is 5.69 Å². The summed E-state index contributed by atoms with van der Waals surface area (Å²) in [5.41, 5.74) is 0.643. The normalized spacial score (nSPS) is 8.10. The van der Waals surface area contributed by atoms with Gasteiger partial charge in [0.15, 0.2) is 0 Å². The van der Waals surface area contributed by atoms with Crippen LogP contribution in [0.2, 0.25) is 0 Å². The lowest BCUT2D eigenvalue weighted by molar-refractivity contribution is 0.542. The van der Waals surface area contributed by atoms with Gasteiger partial charge in [0.2, 0.25) is 0 Å². The third-order valence-electron chi connectivity index (χ3n) is 0.973. The van der Waals surface area contributed by atoms with Gasteiger partial charge >= 0.3 is 0 Å². The highest BCUT2D eigenvalue weighted by Gasteiger charge is 1.79. The number of hydrogen-bond acceptors (Lipinski definition) is 2. The molecule has 0 atom stereocenters. The van der Waals surface area contributed by atoms with Crippen molar-refractivity contribution in [1.29, 1.82) is 0 Å². The van der Waals surface area contributed by atoms with Crippen molar-refractivity contribution in [1.82, 2.24) is 0 Å². The highest BCUT2D eigenvalue weighted by atomic mass is 19.2. The Kier molecular flexibility index (Phi) is 2.35. The van der Waals surface area contributed by atoms with E-state index in [0.29, 0.717) is 5.69 Å². The van der Waals surface area contributed by atoms with E-state index in [4.69, 9.17) is 0 Å². The number of para-hydroxylation sites is 1. The zero-order chi connectivity index (χ0) is 7.23. The SMILES string of the molecule is FN=C=Nc1ccccc1. The van der Waals surface area contributed by atoms with Gasteiger partial charge in [-0.25, -0.2) is 0 Å². The number of aliphatic imine (C=N–C) groups is 1. The standard InChI is InChI=1S/C7H5FN2/c8-10-6-9-7-4-2-1-3-5-7/h1-5H. The molecule has 0 saturated carbocycles. The van der Waals surface area contributed by atoms with Crippen molar-refractivity contribution in [3.05, 3.63) is 30.3 Å². The summed E-state index contributed by atoms with van der Waals surface area (Å²) in [7, 11) is 0. The predicted molar refractivity (Wildman–Crippen MR) is 37.1 cm³/mol. The van der Waals surface area contributed by atoms with E-state index < -0.39 is 0 Å². The average molecular weight is 136 g/mol. The van der Waals surface area contributed by atoms with Crippen LogP contribution in [0.25, 0.3) is 0 Å². The Balaban J connectivity index is 2.87. The minimum Gasteiger partial charge on any atom is -0.185 e. The first-order chi connectivity index (χ1) is 4.93. The molecular formula is C7H5FN2. The monoisotopic (exact) mass is 136 g/mol. The van der Waals surface area contributed by atoms with E-state index in [1.54, 1.807) is 24.3 Å². The van der Waals surface area contributed by atoms with E-state index in [0.717, 1.165) is 0 Å². The summed E-state index contributed by atoms with van der Waals surface area (Å²) >= 11 is 0. The van der Waals surface area contributed by atoms with Crippen LogP contribution in [0.15, 0.2) is 40.5 Å². The number of nitrogens with zero attached hydrogens (tertiary/aromatic N) is 2. The maximum Gasteiger partial charge on any atom is 0.133 e. The Morgan fingerprint density at radius 2 is 1.90 bits per heavy atom. The molecule has 0 aliphatic rings. The maximum absolute atomic E-state index is 11.1. The number of halogens is 1. The summed E-state index contributed by atoms with van der Waals surface area (Å²) in [5.74, 6) is 0. The summed E-state index contributed by atoms with van der Waals surface area (Å²) < 4.78 is 11.1. The van der Waals surface area contributed by atoms with Gasteiger partial charge in [0, 0.05) is 0 Å². The molecule has 0 radical (unpaired) electrons. The molecule has 0 bridgehead atoms. The molecule has 2 nitrogen and oxygen atoms in total. The Morgan fingerprint density at radius 3 is 2.50 bits per heavy atom. The first-order valence-electron chi connectivity index (χ1n) is 2.75. The quantitative estimate of drug-likeness (QED) is 0.529. The summed E-state index contributed by atoms with van der Waals surface area (Å²) in [5, 5.41) is 2.11. The zero-order valence-electron chi connectivity index (χ0n) is 5.16. The third kappa shape index (κ3) is 1.80. The minimum absolute atomic E-state index is 0.643. The summed E-state index contributed by atoms with van der Waals surface area (Å²) in [6.07, 6.45) is 0. The van der Waals surface area contributed by atoms with Crippen LogP contribution < -0.4 is 0 Å². The molecule has 1 aromatic rings. The molecule has 0 saturated heterocycles. The molecule has 0 aromatic heterocycles. The topological polar surface area (TPSA) is 24.7 Å². The lowest BCUT2D eigenvalue weighted by Gasteiger charge is -1.83. The van der Waals surface area contributed by atoms with Crippen molar-refractivity contribution in [2.75, 3.05) is 0 Å². The first kappa shape index (κ1) is 6.65. The molecule has 0 unspecified atom stereocenters. The summed E-state index contributed by atoms with van der Waals surface area (Å²) in [6, 6.07) is 10.8. The van der Waals surface area contributed by atoms with Crippen LogP contribution in [-0.4, -0.2) is 6.01 Å². The molecule has 0 fully saturated rings. The van der Waals surface area contributed by atoms with Gasteiger partial charge in [-0.15, -0.1) is 0 Å². The van der Waals surface area contributed by atoms with Crippen LogP contribution >= 0.6 is 0 Å². The molecule has 0 heterocycles. The van der Waals surface area contributed by atoms with Crippen LogP contribution in [0.1, 0.15) is 0 Å². The molecule has 0 spiro atoms. The highest BCUT2D eigenvalue weighted by Crippen LogP contribution is 2.07. The molecule has 3 heteroatoms. The van der Waals surface area contributed by atoms with E-state index in [-0.39, 0.29) is 0 Å². The molecule has 0 aliphatic heterocycles. The van der Waals surface area contributed by atoms with Gasteiger partial charge in [-0.1, -0.05) is 22.7 Å². The van der Waals surface area contributed by atoms with Gasteiger partial charge in [0.1, 0.15) is 6.01 Å². The van der Waals surface area contributed by atoms with Crippen LogP contribution in [0.4, 0.5) is 10.2 Å². The van der Waals surface area contributed by atoms with E-state index in [1.165, 1.54) is 0 Å². The molecule has 0 amide bonds. The fourth-order valence-electron chi connectivity index (χ4n) is 0.579. The Labute approximate surface area is 57.7 Å². The van der Waals surface area contributed by atoms with Crippen LogP contribution in [-0.2, 0) is 0 Å². The molecule has 1 rings (SSSR count). The number of rotatable bonds is 1. The van der Waals surface area contributed by atoms with Gasteiger partial charge < -0.3 is 0 Å². The largest absolute Gasteiger partial charge is 0.185 e. The van der Waals surface area contributed by atoms with Crippen molar-refractivity contribution in [2.24, 2.45) is 10.2 Å². The zero-order valence-corrected chi connectivity index (χ0v) is 5.16. The smallest absolute Gasteiger partial charge is 0.133 e. The van der Waals surface area contributed by atoms with E-state index in [2.05, 4.69) is 10.2 Å². The van der Waals surface area contributed by atoms with Gasteiger partial charge in [-0.05, 0) is 17.3 Å². The molecule has 0 aliphatic carbocycles. The van der Waals surface area contributed by atoms with E-state index in [9.17, 15) is 4.48 Å². The highest BCUT2D eigenvalue weighted by molar-refractivity contribution is 5.51. The molecular weight excluding hydrogens is 131 g/mol. The number of benzene rings is 1. The van der Waals surface area contributed by atoms with Crippen LogP contribution in [0.3, 0.4) is 0 Å². The second kappa shape index (κ2) is 3.54. The fraction of sp³-hybridized carbons (Fsp3) is 0. The first-order valence-corrected chi connectivity index (χ1v) is 2.75. The second-order valence-electron chi connectivity index (χ2n) is 1.63. The third-order valence-corrected chi connectivity index (χ3v) is 0.973. The van der Waals surface area contributed by atoms with Crippen molar-refractivity contribution < 1.29 is 4.48 Å². The Bertz CT molecular complexity index is 250. The van der Waals surface area contributed by atoms with Crippen LogP contribution in [0.5, 0.6) is 0 Å². The summed E-state index contributed by atoms with van der Waals surface area (Å²) in [4.78, 5) is 3.53. The average Bonchev–Trinajstić information content (AvgIpc) is 2.03. The van der Waals surface area contributed by atoms with Crippen LogP contribution in [0, 0.1) is 0 Å². The predicted octanol–water partition coefficient (Wildman–Crippen LogP) is 2.38. The molecule has 50 valence electrons. The minimum atomic E-state index is 0.643. The van der Waals surface area contributed by atoms with Crippen molar-refractivity contribution in [3.63, 3.8) is 0 Å².